The number of fused-ring (bicyclic) bond motifs is 3. The molecule has 4 rings (SSSR count). The van der Waals surface area contributed by atoms with E-state index in [0.717, 1.165) is 5.57 Å². The number of nitrogens with zero attached hydrogens (tertiary/aromatic N) is 1. The number of hydrogen-bond donors (Lipinski definition) is 0. The topological polar surface area (TPSA) is 100 Å². The second kappa shape index (κ2) is 6.72. The van der Waals surface area contributed by atoms with Crippen molar-refractivity contribution in [1.82, 2.24) is 0 Å². The first-order chi connectivity index (χ1) is 13.8. The average molecular weight is 399 g/mol. The summed E-state index contributed by atoms with van der Waals surface area (Å²) in [5.41, 5.74) is -1.95. The SMILES string of the molecule is CCOC(=O)C12CC(C)=CCC(OC(C)=O)(N=C1c1ccc3c(c1)OCO3)C2=O. The van der Waals surface area contributed by atoms with Crippen molar-refractivity contribution in [3.05, 3.63) is 35.4 Å². The first-order valence-corrected chi connectivity index (χ1v) is 9.40. The molecule has 2 heterocycles. The van der Waals surface area contributed by atoms with Crippen LogP contribution < -0.4 is 9.47 Å². The summed E-state index contributed by atoms with van der Waals surface area (Å²) in [5.74, 6) is -0.885. The van der Waals surface area contributed by atoms with Gasteiger partial charge in [-0.15, -0.1) is 0 Å². The lowest BCUT2D eigenvalue weighted by Gasteiger charge is -2.28. The summed E-state index contributed by atoms with van der Waals surface area (Å²) in [7, 11) is 0. The molecule has 0 aromatic heterocycles. The zero-order valence-electron chi connectivity index (χ0n) is 16.4. The zero-order chi connectivity index (χ0) is 20.8. The normalized spacial score (nSPS) is 27.1. The molecule has 0 fully saturated rings. The van der Waals surface area contributed by atoms with E-state index in [1.165, 1.54) is 6.92 Å². The Morgan fingerprint density at radius 1 is 1.24 bits per heavy atom. The number of allylic oxidation sites excluding steroid dienone is 1. The molecule has 8 heteroatoms. The minimum Gasteiger partial charge on any atom is -0.465 e. The molecule has 0 radical (unpaired) electrons. The van der Waals surface area contributed by atoms with Gasteiger partial charge < -0.3 is 18.9 Å². The van der Waals surface area contributed by atoms with E-state index >= 15 is 0 Å². The molecular weight excluding hydrogens is 378 g/mol. The molecule has 2 atom stereocenters. The van der Waals surface area contributed by atoms with Crippen molar-refractivity contribution in [3.63, 3.8) is 0 Å². The van der Waals surface area contributed by atoms with Crippen LogP contribution in [0.3, 0.4) is 0 Å². The third-order valence-corrected chi connectivity index (χ3v) is 5.29. The highest BCUT2D eigenvalue weighted by Gasteiger charge is 2.66. The van der Waals surface area contributed by atoms with E-state index < -0.39 is 28.9 Å². The lowest BCUT2D eigenvalue weighted by atomic mass is 9.72. The first-order valence-electron chi connectivity index (χ1n) is 9.40. The number of carbonyl (C=O) groups is 3. The Kier molecular flexibility index (Phi) is 4.44. The van der Waals surface area contributed by atoms with Crippen LogP contribution in [0.25, 0.3) is 0 Å². The lowest BCUT2D eigenvalue weighted by molar-refractivity contribution is -0.170. The van der Waals surface area contributed by atoms with Crippen LogP contribution in [0.4, 0.5) is 0 Å². The smallest absolute Gasteiger partial charge is 0.326 e. The van der Waals surface area contributed by atoms with E-state index in [1.54, 1.807) is 31.2 Å². The summed E-state index contributed by atoms with van der Waals surface area (Å²) in [6, 6.07) is 5.08. The molecule has 2 aliphatic heterocycles. The number of benzene rings is 1. The molecule has 152 valence electrons. The minimum atomic E-state index is -1.79. The van der Waals surface area contributed by atoms with Gasteiger partial charge in [-0.3, -0.25) is 14.4 Å². The summed E-state index contributed by atoms with van der Waals surface area (Å²) in [4.78, 5) is 43.2. The molecule has 2 unspecified atom stereocenters. The Morgan fingerprint density at radius 2 is 2.00 bits per heavy atom. The molecule has 0 saturated carbocycles. The van der Waals surface area contributed by atoms with Gasteiger partial charge in [-0.2, -0.15) is 0 Å². The molecule has 1 aromatic carbocycles. The van der Waals surface area contributed by atoms with Gasteiger partial charge in [0.1, 0.15) is 0 Å². The molecule has 0 amide bonds. The number of rotatable bonds is 4. The molecule has 29 heavy (non-hydrogen) atoms. The Bertz CT molecular complexity index is 979. The van der Waals surface area contributed by atoms with Gasteiger partial charge >= 0.3 is 11.9 Å². The zero-order valence-corrected chi connectivity index (χ0v) is 16.4. The number of hydrogen-bond acceptors (Lipinski definition) is 8. The van der Waals surface area contributed by atoms with Gasteiger partial charge in [0, 0.05) is 18.9 Å². The minimum absolute atomic E-state index is 0.0620. The summed E-state index contributed by atoms with van der Waals surface area (Å²) in [5, 5.41) is 0. The predicted molar refractivity (Wildman–Crippen MR) is 101 cm³/mol. The summed E-state index contributed by atoms with van der Waals surface area (Å²) < 4.78 is 21.5. The van der Waals surface area contributed by atoms with Gasteiger partial charge in [0.15, 0.2) is 16.9 Å². The van der Waals surface area contributed by atoms with Crippen LogP contribution in [0, 0.1) is 5.41 Å². The van der Waals surface area contributed by atoms with Gasteiger partial charge in [0.2, 0.25) is 12.6 Å². The maximum absolute atomic E-state index is 13.7. The molecule has 8 nitrogen and oxygen atoms in total. The second-order valence-corrected chi connectivity index (χ2v) is 7.29. The van der Waals surface area contributed by atoms with E-state index in [2.05, 4.69) is 4.99 Å². The highest BCUT2D eigenvalue weighted by atomic mass is 16.7. The van der Waals surface area contributed by atoms with E-state index in [-0.39, 0.29) is 32.0 Å². The number of aliphatic imine (C=N–C) groups is 1. The lowest BCUT2D eigenvalue weighted by Crippen LogP contribution is -2.50. The molecule has 1 aromatic rings. The fourth-order valence-electron chi connectivity index (χ4n) is 4.09. The predicted octanol–water partition coefficient (Wildman–Crippen LogP) is 2.34. The molecule has 0 saturated heterocycles. The van der Waals surface area contributed by atoms with Crippen LogP contribution in [0.5, 0.6) is 11.5 Å². The maximum atomic E-state index is 13.7. The van der Waals surface area contributed by atoms with Crippen LogP contribution in [-0.4, -0.2) is 42.6 Å². The van der Waals surface area contributed by atoms with Gasteiger partial charge in [0.25, 0.3) is 5.72 Å². The summed E-state index contributed by atoms with van der Waals surface area (Å²) >= 11 is 0. The number of ketones is 1. The highest BCUT2D eigenvalue weighted by Crippen LogP contribution is 2.49. The summed E-state index contributed by atoms with van der Waals surface area (Å²) in [6.45, 7) is 4.90. The Labute approximate surface area is 167 Å². The maximum Gasteiger partial charge on any atom is 0.326 e. The summed E-state index contributed by atoms with van der Waals surface area (Å²) in [6.07, 6.45) is 1.94. The van der Waals surface area contributed by atoms with E-state index in [9.17, 15) is 14.4 Å². The fourth-order valence-corrected chi connectivity index (χ4v) is 4.09. The van der Waals surface area contributed by atoms with Crippen LogP contribution in [0.2, 0.25) is 0 Å². The Hall–Kier alpha value is -3.16. The third kappa shape index (κ3) is 2.82. The number of Topliss-reactive ketones (excluding diaryl/α,β-unsaturated/α-hetero) is 1. The molecule has 3 aliphatic rings. The largest absolute Gasteiger partial charge is 0.465 e. The third-order valence-electron chi connectivity index (χ3n) is 5.29. The Balaban J connectivity index is 1.94. The molecule has 0 N–H and O–H groups in total. The van der Waals surface area contributed by atoms with Crippen molar-refractivity contribution in [1.29, 1.82) is 0 Å². The molecule has 0 spiro atoms. The van der Waals surface area contributed by atoms with Crippen molar-refractivity contribution in [2.75, 3.05) is 13.4 Å². The van der Waals surface area contributed by atoms with E-state index in [4.69, 9.17) is 18.9 Å². The highest BCUT2D eigenvalue weighted by molar-refractivity contribution is 6.34. The quantitative estimate of drug-likeness (QED) is 0.435. The monoisotopic (exact) mass is 399 g/mol. The van der Waals surface area contributed by atoms with Crippen molar-refractivity contribution in [2.45, 2.75) is 39.3 Å². The van der Waals surface area contributed by atoms with Gasteiger partial charge in [-0.25, -0.2) is 4.99 Å². The average Bonchev–Trinajstić information content (AvgIpc) is 3.19. The fraction of sp³-hybridized carbons (Fsp3) is 0.429. The number of ether oxygens (including phenoxy) is 4. The second-order valence-electron chi connectivity index (χ2n) is 7.29. The van der Waals surface area contributed by atoms with Crippen molar-refractivity contribution >= 4 is 23.4 Å². The molecular formula is C21H21NO7. The van der Waals surface area contributed by atoms with E-state index in [1.807, 2.05) is 6.92 Å². The molecule has 2 bridgehead atoms. The van der Waals surface area contributed by atoms with Gasteiger partial charge in [0.05, 0.1) is 12.3 Å². The van der Waals surface area contributed by atoms with Crippen LogP contribution in [0.15, 0.2) is 34.8 Å². The van der Waals surface area contributed by atoms with Gasteiger partial charge in [-0.05, 0) is 38.5 Å². The standard InChI is InChI=1S/C21H21NO7/c1-4-26-19(25)20-10-12(2)7-8-21(18(20)24,29-13(3)23)22-17(20)14-5-6-15-16(9-14)28-11-27-15/h5-7,9H,4,8,10-11H2,1-3H3. The van der Waals surface area contributed by atoms with Crippen molar-refractivity contribution in [3.8, 4) is 11.5 Å². The Morgan fingerprint density at radius 3 is 2.72 bits per heavy atom. The van der Waals surface area contributed by atoms with Crippen molar-refractivity contribution < 1.29 is 33.3 Å². The van der Waals surface area contributed by atoms with Crippen LogP contribution >= 0.6 is 0 Å². The number of esters is 2. The first kappa shape index (κ1) is 19.2. The molecule has 1 aliphatic carbocycles. The van der Waals surface area contributed by atoms with Crippen LogP contribution in [-0.2, 0) is 23.9 Å². The number of carbonyl (C=O) groups excluding carboxylic acids is 3. The van der Waals surface area contributed by atoms with Gasteiger partial charge in [-0.1, -0.05) is 11.6 Å². The van der Waals surface area contributed by atoms with Crippen LogP contribution in [0.1, 0.15) is 39.2 Å². The van der Waals surface area contributed by atoms with Crippen molar-refractivity contribution in [2.24, 2.45) is 10.4 Å². The van der Waals surface area contributed by atoms with E-state index in [0.29, 0.717) is 17.1 Å².